The number of amides is 1. The number of likely N-dealkylation sites (tertiary alicyclic amines) is 1. The van der Waals surface area contributed by atoms with Crippen molar-refractivity contribution < 1.29 is 9.53 Å². The zero-order chi connectivity index (χ0) is 14.5. The van der Waals surface area contributed by atoms with Crippen LogP contribution in [0.1, 0.15) is 25.3 Å². The number of carbonyl (C=O) groups is 1. The zero-order valence-corrected chi connectivity index (χ0v) is 12.2. The van der Waals surface area contributed by atoms with Crippen molar-refractivity contribution in [2.75, 3.05) is 30.7 Å². The van der Waals surface area contributed by atoms with Crippen LogP contribution in [-0.2, 0) is 4.74 Å². The summed E-state index contributed by atoms with van der Waals surface area (Å²) in [6.45, 7) is 5.75. The van der Waals surface area contributed by atoms with Gasteiger partial charge in [0.2, 0.25) is 0 Å². The molecule has 1 amide bonds. The van der Waals surface area contributed by atoms with Crippen molar-refractivity contribution in [3.05, 3.63) is 23.8 Å². The van der Waals surface area contributed by atoms with Crippen LogP contribution in [0.2, 0.25) is 0 Å². The summed E-state index contributed by atoms with van der Waals surface area (Å²) in [7, 11) is 0. The highest BCUT2D eigenvalue weighted by atomic mass is 16.6. The minimum Gasteiger partial charge on any atom is -0.450 e. The number of aryl methyl sites for hydroxylation is 1. The summed E-state index contributed by atoms with van der Waals surface area (Å²) in [5.74, 6) is 0. The van der Waals surface area contributed by atoms with Crippen molar-refractivity contribution in [1.29, 1.82) is 0 Å². The third kappa shape index (κ3) is 3.56. The number of ether oxygens (including phenoxy) is 1. The van der Waals surface area contributed by atoms with Crippen LogP contribution in [0.5, 0.6) is 0 Å². The molecule has 0 radical (unpaired) electrons. The minimum absolute atomic E-state index is 0.200. The lowest BCUT2D eigenvalue weighted by molar-refractivity contribution is 0.0983. The largest absolute Gasteiger partial charge is 0.450 e. The number of benzene rings is 1. The van der Waals surface area contributed by atoms with Crippen LogP contribution in [0.15, 0.2) is 18.2 Å². The maximum absolute atomic E-state index is 11.6. The van der Waals surface area contributed by atoms with E-state index >= 15 is 0 Å². The Morgan fingerprint density at radius 3 is 2.75 bits per heavy atom. The zero-order valence-electron chi connectivity index (χ0n) is 12.2. The van der Waals surface area contributed by atoms with Gasteiger partial charge in [-0.3, -0.25) is 0 Å². The molecular weight excluding hydrogens is 254 g/mol. The van der Waals surface area contributed by atoms with E-state index < -0.39 is 0 Å². The fourth-order valence-corrected chi connectivity index (χ4v) is 2.42. The van der Waals surface area contributed by atoms with Crippen LogP contribution in [0, 0.1) is 6.92 Å². The first-order valence-electron chi connectivity index (χ1n) is 7.14. The van der Waals surface area contributed by atoms with E-state index in [1.807, 2.05) is 26.0 Å². The van der Waals surface area contributed by atoms with Gasteiger partial charge in [-0.15, -0.1) is 0 Å². The fraction of sp³-hybridized carbons (Fsp3) is 0.533. The summed E-state index contributed by atoms with van der Waals surface area (Å²) in [6.07, 6.45) is 1.67. The smallest absolute Gasteiger partial charge is 0.409 e. The fourth-order valence-electron chi connectivity index (χ4n) is 2.42. The van der Waals surface area contributed by atoms with E-state index in [1.165, 1.54) is 0 Å². The standard InChI is InChI=1S/C15H23N3O2/c1-3-20-15(19)18-8-6-12(7-9-18)17-13-4-5-14(16)11(2)10-13/h4-5,10,12,17H,3,6-9,16H2,1-2H3. The predicted octanol–water partition coefficient (Wildman–Crippen LogP) is 2.61. The predicted molar refractivity (Wildman–Crippen MR) is 80.8 cm³/mol. The van der Waals surface area contributed by atoms with E-state index in [2.05, 4.69) is 11.4 Å². The Hall–Kier alpha value is -1.91. The molecule has 1 saturated heterocycles. The lowest BCUT2D eigenvalue weighted by Gasteiger charge is -2.32. The summed E-state index contributed by atoms with van der Waals surface area (Å²) < 4.78 is 5.02. The van der Waals surface area contributed by atoms with Crippen LogP contribution in [-0.4, -0.2) is 36.7 Å². The van der Waals surface area contributed by atoms with Crippen molar-refractivity contribution in [3.8, 4) is 0 Å². The van der Waals surface area contributed by atoms with Gasteiger partial charge in [0.1, 0.15) is 0 Å². The second kappa shape index (κ2) is 6.50. The van der Waals surface area contributed by atoms with Crippen LogP contribution >= 0.6 is 0 Å². The van der Waals surface area contributed by atoms with E-state index in [9.17, 15) is 4.79 Å². The Kier molecular flexibility index (Phi) is 4.71. The van der Waals surface area contributed by atoms with Crippen molar-refractivity contribution in [2.45, 2.75) is 32.7 Å². The van der Waals surface area contributed by atoms with Crippen molar-refractivity contribution in [3.63, 3.8) is 0 Å². The first-order valence-corrected chi connectivity index (χ1v) is 7.14. The first kappa shape index (κ1) is 14.5. The van der Waals surface area contributed by atoms with Crippen LogP contribution in [0.4, 0.5) is 16.2 Å². The van der Waals surface area contributed by atoms with Gasteiger partial charge in [-0.1, -0.05) is 0 Å². The molecule has 110 valence electrons. The van der Waals surface area contributed by atoms with Gasteiger partial charge in [0.05, 0.1) is 6.61 Å². The molecule has 1 aliphatic rings. The molecule has 2 rings (SSSR count). The Labute approximate surface area is 120 Å². The second-order valence-electron chi connectivity index (χ2n) is 5.18. The number of nitrogens with zero attached hydrogens (tertiary/aromatic N) is 1. The molecule has 1 fully saturated rings. The van der Waals surface area contributed by atoms with Gasteiger partial charge in [0.15, 0.2) is 0 Å². The lowest BCUT2D eigenvalue weighted by Crippen LogP contribution is -2.42. The molecule has 1 heterocycles. The van der Waals surface area contributed by atoms with Gasteiger partial charge < -0.3 is 20.7 Å². The molecule has 0 spiro atoms. The van der Waals surface area contributed by atoms with E-state index in [1.54, 1.807) is 4.90 Å². The molecule has 5 nitrogen and oxygen atoms in total. The molecule has 1 aromatic rings. The third-order valence-corrected chi connectivity index (χ3v) is 3.66. The Morgan fingerprint density at radius 2 is 2.15 bits per heavy atom. The number of nitrogens with two attached hydrogens (primary N) is 1. The molecule has 3 N–H and O–H groups in total. The lowest BCUT2D eigenvalue weighted by atomic mass is 10.0. The minimum atomic E-state index is -0.200. The highest BCUT2D eigenvalue weighted by molar-refractivity contribution is 5.67. The van der Waals surface area contributed by atoms with Crippen molar-refractivity contribution in [1.82, 2.24) is 4.90 Å². The van der Waals surface area contributed by atoms with E-state index in [4.69, 9.17) is 10.5 Å². The molecule has 1 aromatic carbocycles. The quantitative estimate of drug-likeness (QED) is 0.833. The summed E-state index contributed by atoms with van der Waals surface area (Å²) in [6, 6.07) is 6.38. The van der Waals surface area contributed by atoms with E-state index in [0.717, 1.165) is 42.9 Å². The number of piperidine rings is 1. The highest BCUT2D eigenvalue weighted by Crippen LogP contribution is 2.20. The number of hydrogen-bond acceptors (Lipinski definition) is 4. The molecule has 0 saturated carbocycles. The third-order valence-electron chi connectivity index (χ3n) is 3.66. The van der Waals surface area contributed by atoms with Crippen molar-refractivity contribution in [2.24, 2.45) is 0 Å². The molecule has 20 heavy (non-hydrogen) atoms. The second-order valence-corrected chi connectivity index (χ2v) is 5.18. The molecular formula is C15H23N3O2. The summed E-state index contributed by atoms with van der Waals surface area (Å²) >= 11 is 0. The van der Waals surface area contributed by atoms with Crippen molar-refractivity contribution >= 4 is 17.5 Å². The number of anilines is 2. The maximum Gasteiger partial charge on any atom is 0.409 e. The average molecular weight is 277 g/mol. The van der Waals surface area contributed by atoms with Crippen LogP contribution < -0.4 is 11.1 Å². The summed E-state index contributed by atoms with van der Waals surface area (Å²) in [4.78, 5) is 13.4. The number of nitrogens with one attached hydrogen (secondary N) is 1. The monoisotopic (exact) mass is 277 g/mol. The van der Waals surface area contributed by atoms with Gasteiger partial charge in [-0.2, -0.15) is 0 Å². The van der Waals surface area contributed by atoms with Gasteiger partial charge in [0.25, 0.3) is 0 Å². The molecule has 0 bridgehead atoms. The molecule has 1 aliphatic heterocycles. The summed E-state index contributed by atoms with van der Waals surface area (Å²) in [5, 5.41) is 3.51. The van der Waals surface area contributed by atoms with Gasteiger partial charge >= 0.3 is 6.09 Å². The SMILES string of the molecule is CCOC(=O)N1CCC(Nc2ccc(N)c(C)c2)CC1. The first-order chi connectivity index (χ1) is 9.60. The number of hydrogen-bond donors (Lipinski definition) is 2. The van der Waals surface area contributed by atoms with E-state index in [0.29, 0.717) is 12.6 Å². The molecule has 0 aromatic heterocycles. The topological polar surface area (TPSA) is 67.6 Å². The Balaban J connectivity index is 1.85. The number of rotatable bonds is 3. The molecule has 0 aliphatic carbocycles. The van der Waals surface area contributed by atoms with E-state index in [-0.39, 0.29) is 6.09 Å². The van der Waals surface area contributed by atoms with Gasteiger partial charge in [0, 0.05) is 30.5 Å². The highest BCUT2D eigenvalue weighted by Gasteiger charge is 2.23. The Bertz CT molecular complexity index is 468. The van der Waals surface area contributed by atoms with Crippen LogP contribution in [0.25, 0.3) is 0 Å². The maximum atomic E-state index is 11.6. The molecule has 0 atom stereocenters. The Morgan fingerprint density at radius 1 is 1.45 bits per heavy atom. The van der Waals surface area contributed by atoms with Crippen LogP contribution in [0.3, 0.4) is 0 Å². The molecule has 0 unspecified atom stereocenters. The average Bonchev–Trinajstić information content (AvgIpc) is 2.44. The molecule has 5 heteroatoms. The summed E-state index contributed by atoms with van der Waals surface area (Å²) in [5.41, 5.74) is 8.80. The van der Waals surface area contributed by atoms with Gasteiger partial charge in [-0.05, 0) is 50.5 Å². The number of nitrogen functional groups attached to an aromatic ring is 1. The number of carbonyl (C=O) groups excluding carboxylic acids is 1. The van der Waals surface area contributed by atoms with Gasteiger partial charge in [-0.25, -0.2) is 4.79 Å². The normalized spacial score (nSPS) is 16.0.